The molecule has 0 aromatic heterocycles. The van der Waals surface area contributed by atoms with Crippen LogP contribution in [0.4, 0.5) is 0 Å². The van der Waals surface area contributed by atoms with Gasteiger partial charge in [-0.1, -0.05) is 33.6 Å². The molecule has 1 unspecified atom stereocenters. The summed E-state index contributed by atoms with van der Waals surface area (Å²) in [5.41, 5.74) is 1.19. The zero-order chi connectivity index (χ0) is 17.3. The number of benzene rings is 2. The topological polar surface area (TPSA) is 55.8 Å². The van der Waals surface area contributed by atoms with Crippen molar-refractivity contribution in [2.75, 3.05) is 20.3 Å². The van der Waals surface area contributed by atoms with Gasteiger partial charge in [-0.15, -0.1) is 0 Å². The Kier molecular flexibility index (Phi) is 4.85. The first-order valence-corrected chi connectivity index (χ1v) is 8.61. The van der Waals surface area contributed by atoms with Gasteiger partial charge in [-0.2, -0.15) is 0 Å². The molecular weight excluding hydrogens is 396 g/mol. The predicted octanol–water partition coefficient (Wildman–Crippen LogP) is 3.95. The van der Waals surface area contributed by atoms with Crippen LogP contribution in [-0.2, 0) is 10.2 Å². The molecule has 1 atom stereocenters. The number of carbonyl (C=O) groups excluding carboxylic acids is 1. The van der Waals surface area contributed by atoms with Crippen molar-refractivity contribution in [3.05, 3.63) is 62.6 Å². The zero-order valence-electron chi connectivity index (χ0n) is 13.0. The fourth-order valence-corrected chi connectivity index (χ4v) is 3.73. The largest absolute Gasteiger partial charge is 0.493 e. The van der Waals surface area contributed by atoms with E-state index in [4.69, 9.17) is 21.1 Å². The van der Waals surface area contributed by atoms with E-state index in [1.54, 1.807) is 24.3 Å². The molecule has 2 aromatic carbocycles. The van der Waals surface area contributed by atoms with Crippen molar-refractivity contribution in [1.29, 1.82) is 0 Å². The normalized spacial score (nSPS) is 19.3. The molecule has 1 aliphatic heterocycles. The van der Waals surface area contributed by atoms with E-state index in [1.807, 2.05) is 12.1 Å². The highest BCUT2D eigenvalue weighted by molar-refractivity contribution is 9.10. The lowest BCUT2D eigenvalue weighted by atomic mass is 9.70. The highest BCUT2D eigenvalue weighted by Gasteiger charge is 2.41. The summed E-state index contributed by atoms with van der Waals surface area (Å²) < 4.78 is 11.5. The molecule has 0 saturated heterocycles. The quantitative estimate of drug-likeness (QED) is 0.777. The Balaban J connectivity index is 2.28. The van der Waals surface area contributed by atoms with Gasteiger partial charge in [-0.25, -0.2) is 4.79 Å². The van der Waals surface area contributed by atoms with Crippen molar-refractivity contribution in [2.45, 2.75) is 11.8 Å². The van der Waals surface area contributed by atoms with Crippen molar-refractivity contribution in [3.8, 4) is 5.75 Å². The minimum Gasteiger partial charge on any atom is -0.493 e. The Morgan fingerprint density at radius 1 is 1.33 bits per heavy atom. The number of hydrogen-bond acceptors (Lipinski definition) is 4. The van der Waals surface area contributed by atoms with Crippen LogP contribution in [0.2, 0.25) is 5.02 Å². The maximum Gasteiger partial charge on any atom is 0.338 e. The highest BCUT2D eigenvalue weighted by atomic mass is 79.9. The van der Waals surface area contributed by atoms with E-state index >= 15 is 0 Å². The molecule has 0 radical (unpaired) electrons. The van der Waals surface area contributed by atoms with Crippen molar-refractivity contribution < 1.29 is 19.4 Å². The molecule has 3 rings (SSSR count). The summed E-state index contributed by atoms with van der Waals surface area (Å²) >= 11 is 9.52. The molecule has 1 heterocycles. The van der Waals surface area contributed by atoms with Gasteiger partial charge < -0.3 is 14.6 Å². The van der Waals surface area contributed by atoms with Crippen LogP contribution in [0.3, 0.4) is 0 Å². The maximum atomic E-state index is 12.2. The minimum absolute atomic E-state index is 0.161. The third kappa shape index (κ3) is 2.81. The molecule has 2 aromatic rings. The van der Waals surface area contributed by atoms with Crippen LogP contribution in [0.25, 0.3) is 0 Å². The minimum atomic E-state index is -0.758. The summed E-state index contributed by atoms with van der Waals surface area (Å²) in [6, 6.07) is 10.7. The second-order valence-corrected chi connectivity index (χ2v) is 7.01. The molecule has 1 N–H and O–H groups in total. The number of aliphatic hydroxyl groups is 1. The Hall–Kier alpha value is -1.56. The average Bonchev–Trinajstić information content (AvgIpc) is 2.60. The zero-order valence-corrected chi connectivity index (χ0v) is 15.4. The fraction of sp³-hybridized carbons (Fsp3) is 0.278. The Bertz CT molecular complexity index is 793. The Morgan fingerprint density at radius 2 is 2.12 bits per heavy atom. The molecule has 0 saturated carbocycles. The lowest BCUT2D eigenvalue weighted by Gasteiger charge is -2.39. The van der Waals surface area contributed by atoms with Gasteiger partial charge in [0.2, 0.25) is 0 Å². The molecular formula is C18H16BrClO4. The predicted molar refractivity (Wildman–Crippen MR) is 94.9 cm³/mol. The van der Waals surface area contributed by atoms with E-state index in [-0.39, 0.29) is 6.61 Å². The highest BCUT2D eigenvalue weighted by Crippen LogP contribution is 2.46. The molecule has 0 bridgehead atoms. The SMILES string of the molecule is COC(=O)c1ccc(Br)cc1C1(CO)CCOc2cc(Cl)ccc21. The second kappa shape index (κ2) is 6.75. The molecule has 0 amide bonds. The van der Waals surface area contributed by atoms with E-state index in [1.165, 1.54) is 7.11 Å². The number of esters is 1. The summed E-state index contributed by atoms with van der Waals surface area (Å²) in [4.78, 5) is 12.2. The molecule has 24 heavy (non-hydrogen) atoms. The van der Waals surface area contributed by atoms with Gasteiger partial charge >= 0.3 is 5.97 Å². The second-order valence-electron chi connectivity index (χ2n) is 5.66. The summed E-state index contributed by atoms with van der Waals surface area (Å²) in [7, 11) is 1.34. The number of hydrogen-bond donors (Lipinski definition) is 1. The first kappa shape index (κ1) is 17.3. The van der Waals surface area contributed by atoms with Gasteiger partial charge in [0, 0.05) is 15.1 Å². The van der Waals surface area contributed by atoms with Crippen molar-refractivity contribution in [2.24, 2.45) is 0 Å². The lowest BCUT2D eigenvalue weighted by Crippen LogP contribution is -2.39. The molecule has 6 heteroatoms. The smallest absolute Gasteiger partial charge is 0.338 e. The van der Waals surface area contributed by atoms with Crippen molar-refractivity contribution >= 4 is 33.5 Å². The van der Waals surface area contributed by atoms with Crippen LogP contribution in [-0.4, -0.2) is 31.4 Å². The van der Waals surface area contributed by atoms with Gasteiger partial charge in [-0.3, -0.25) is 0 Å². The van der Waals surface area contributed by atoms with Crippen LogP contribution in [0.5, 0.6) is 5.75 Å². The number of fused-ring (bicyclic) bond motifs is 1. The average molecular weight is 412 g/mol. The van der Waals surface area contributed by atoms with Crippen LogP contribution < -0.4 is 4.74 Å². The van der Waals surface area contributed by atoms with Crippen LogP contribution in [0, 0.1) is 0 Å². The summed E-state index contributed by atoms with van der Waals surface area (Å²) in [5, 5.41) is 10.9. The van der Waals surface area contributed by atoms with Gasteiger partial charge in [0.1, 0.15) is 5.75 Å². The Labute approximate surface area is 153 Å². The number of aliphatic hydroxyl groups excluding tert-OH is 1. The summed E-state index contributed by atoms with van der Waals surface area (Å²) in [5.74, 6) is 0.186. The van der Waals surface area contributed by atoms with Gasteiger partial charge in [0.15, 0.2) is 0 Å². The molecule has 0 fully saturated rings. The number of carbonyl (C=O) groups is 1. The monoisotopic (exact) mass is 410 g/mol. The first-order valence-electron chi connectivity index (χ1n) is 7.44. The maximum absolute atomic E-state index is 12.2. The number of ether oxygens (including phenoxy) is 2. The van der Waals surface area contributed by atoms with Gasteiger partial charge in [-0.05, 0) is 42.3 Å². The van der Waals surface area contributed by atoms with Gasteiger partial charge in [0.05, 0.1) is 31.3 Å². The molecule has 126 valence electrons. The van der Waals surface area contributed by atoms with Crippen LogP contribution >= 0.6 is 27.5 Å². The van der Waals surface area contributed by atoms with E-state index < -0.39 is 11.4 Å². The van der Waals surface area contributed by atoms with Crippen LogP contribution in [0.1, 0.15) is 27.9 Å². The van der Waals surface area contributed by atoms with E-state index in [0.29, 0.717) is 34.9 Å². The third-order valence-electron chi connectivity index (χ3n) is 4.42. The third-order valence-corrected chi connectivity index (χ3v) is 5.15. The number of halogens is 2. The molecule has 1 aliphatic rings. The molecule has 0 aliphatic carbocycles. The number of methoxy groups -OCH3 is 1. The Morgan fingerprint density at radius 3 is 2.83 bits per heavy atom. The number of rotatable bonds is 3. The first-order chi connectivity index (χ1) is 11.5. The van der Waals surface area contributed by atoms with E-state index in [2.05, 4.69) is 15.9 Å². The van der Waals surface area contributed by atoms with Crippen molar-refractivity contribution in [1.82, 2.24) is 0 Å². The summed E-state index contributed by atoms with van der Waals surface area (Å²) in [6.45, 7) is 0.256. The molecule has 4 nitrogen and oxygen atoms in total. The fourth-order valence-electron chi connectivity index (χ4n) is 3.21. The summed E-state index contributed by atoms with van der Waals surface area (Å²) in [6.07, 6.45) is 0.540. The van der Waals surface area contributed by atoms with Gasteiger partial charge in [0.25, 0.3) is 0 Å². The molecule has 0 spiro atoms. The lowest BCUT2D eigenvalue weighted by molar-refractivity contribution is 0.0595. The van der Waals surface area contributed by atoms with Crippen molar-refractivity contribution in [3.63, 3.8) is 0 Å². The van der Waals surface area contributed by atoms with E-state index in [9.17, 15) is 9.90 Å². The van der Waals surface area contributed by atoms with E-state index in [0.717, 1.165) is 10.0 Å². The standard InChI is InChI=1S/C18H16BrClO4/c1-23-17(22)13-4-2-11(19)8-15(13)18(10-21)6-7-24-16-9-12(20)3-5-14(16)18/h2-5,8-9,21H,6-7,10H2,1H3. The van der Waals surface area contributed by atoms with Crippen LogP contribution in [0.15, 0.2) is 40.9 Å².